The molecule has 0 saturated carbocycles. The fourth-order valence-corrected chi connectivity index (χ4v) is 3.97. The molecular formula is C17H28N4O3. The molecular weight excluding hydrogens is 308 g/mol. The molecule has 2 fully saturated rings. The molecule has 2 aliphatic heterocycles. The average molecular weight is 336 g/mol. The van der Waals surface area contributed by atoms with Gasteiger partial charge in [0.1, 0.15) is 0 Å². The second-order valence-corrected chi connectivity index (χ2v) is 7.07. The highest BCUT2D eigenvalue weighted by atomic mass is 16.5. The smallest absolute Gasteiger partial charge is 0.230 e. The summed E-state index contributed by atoms with van der Waals surface area (Å²) in [5, 5.41) is 8.19. The van der Waals surface area contributed by atoms with E-state index in [1.54, 1.807) is 7.11 Å². The number of amides is 1. The summed E-state index contributed by atoms with van der Waals surface area (Å²) in [7, 11) is 1.68. The number of carbonyl (C=O) groups is 1. The van der Waals surface area contributed by atoms with Crippen LogP contribution in [0.5, 0.6) is 0 Å². The third kappa shape index (κ3) is 3.95. The van der Waals surface area contributed by atoms with Gasteiger partial charge in [-0.2, -0.15) is 0 Å². The molecule has 1 spiro atoms. The van der Waals surface area contributed by atoms with Crippen LogP contribution >= 0.6 is 0 Å². The summed E-state index contributed by atoms with van der Waals surface area (Å²) in [5.74, 6) is 1.66. The number of hydrogen-bond acceptors (Lipinski definition) is 6. The molecule has 7 heteroatoms. The first kappa shape index (κ1) is 17.4. The van der Waals surface area contributed by atoms with Crippen LogP contribution in [-0.2, 0) is 22.5 Å². The monoisotopic (exact) mass is 336 g/mol. The summed E-state index contributed by atoms with van der Waals surface area (Å²) in [6.45, 7) is 6.91. The first-order chi connectivity index (χ1) is 11.6. The van der Waals surface area contributed by atoms with Crippen molar-refractivity contribution in [2.45, 2.75) is 45.6 Å². The summed E-state index contributed by atoms with van der Waals surface area (Å²) in [6.07, 6.45) is 4.74. The molecule has 0 aromatic carbocycles. The average Bonchev–Trinajstić information content (AvgIpc) is 3.04. The molecule has 0 aliphatic carbocycles. The second-order valence-electron chi connectivity index (χ2n) is 7.07. The summed E-state index contributed by atoms with van der Waals surface area (Å²) < 4.78 is 10.8. The molecule has 2 aliphatic rings. The van der Waals surface area contributed by atoms with Crippen LogP contribution in [0, 0.1) is 5.41 Å². The Bertz CT molecular complexity index is 562. The maximum atomic E-state index is 12.2. The van der Waals surface area contributed by atoms with E-state index >= 15 is 0 Å². The van der Waals surface area contributed by atoms with E-state index in [0.29, 0.717) is 37.9 Å². The fourth-order valence-electron chi connectivity index (χ4n) is 3.97. The van der Waals surface area contributed by atoms with Crippen molar-refractivity contribution >= 4 is 5.91 Å². The zero-order chi connectivity index (χ0) is 17.0. The van der Waals surface area contributed by atoms with Gasteiger partial charge in [-0.1, -0.05) is 6.92 Å². The van der Waals surface area contributed by atoms with Gasteiger partial charge in [-0.05, 0) is 25.8 Å². The van der Waals surface area contributed by atoms with Crippen LogP contribution in [0.3, 0.4) is 0 Å². The van der Waals surface area contributed by atoms with E-state index in [1.807, 2.05) is 11.8 Å². The lowest BCUT2D eigenvalue weighted by Gasteiger charge is -2.48. The third-order valence-electron chi connectivity index (χ3n) is 5.22. The van der Waals surface area contributed by atoms with Gasteiger partial charge in [0.2, 0.25) is 17.7 Å². The van der Waals surface area contributed by atoms with Crippen molar-refractivity contribution in [3.63, 3.8) is 0 Å². The maximum absolute atomic E-state index is 12.2. The number of carbonyl (C=O) groups excluding carboxylic acids is 1. The number of hydrogen-bond donors (Lipinski definition) is 0. The minimum atomic E-state index is 0.202. The lowest BCUT2D eigenvalue weighted by atomic mass is 9.73. The standard InChI is InChI=1S/C17H28N4O3/c1-3-14-18-19-15(24-14)11-20-8-4-6-17(12-20)7-5-16(22)21(13-17)9-10-23-2/h3-13H2,1-2H3/t17-/m1/s1. The first-order valence-corrected chi connectivity index (χ1v) is 8.94. The Labute approximate surface area is 143 Å². The summed E-state index contributed by atoms with van der Waals surface area (Å²) >= 11 is 0. The Balaban J connectivity index is 1.62. The Hall–Kier alpha value is -1.47. The number of piperidine rings is 2. The molecule has 134 valence electrons. The van der Waals surface area contributed by atoms with Crippen LogP contribution in [0.1, 0.15) is 44.4 Å². The molecule has 1 aromatic rings. The third-order valence-corrected chi connectivity index (χ3v) is 5.22. The van der Waals surface area contributed by atoms with Crippen molar-refractivity contribution < 1.29 is 13.9 Å². The van der Waals surface area contributed by atoms with E-state index in [0.717, 1.165) is 38.9 Å². The SMILES string of the molecule is CCc1nnc(CN2CCC[C@@]3(CCC(=O)N(CCOC)C3)C2)o1. The molecule has 7 nitrogen and oxygen atoms in total. The highest BCUT2D eigenvalue weighted by Crippen LogP contribution is 2.39. The van der Waals surface area contributed by atoms with Crippen LogP contribution in [0.25, 0.3) is 0 Å². The zero-order valence-corrected chi connectivity index (χ0v) is 14.8. The van der Waals surface area contributed by atoms with Crippen LogP contribution in [-0.4, -0.2) is 65.8 Å². The van der Waals surface area contributed by atoms with Gasteiger partial charge < -0.3 is 14.1 Å². The van der Waals surface area contributed by atoms with Gasteiger partial charge in [0.15, 0.2) is 0 Å². The molecule has 0 radical (unpaired) electrons. The maximum Gasteiger partial charge on any atom is 0.230 e. The molecule has 0 N–H and O–H groups in total. The van der Waals surface area contributed by atoms with Gasteiger partial charge in [0.25, 0.3) is 0 Å². The molecule has 1 atom stereocenters. The van der Waals surface area contributed by atoms with E-state index < -0.39 is 0 Å². The molecule has 1 amide bonds. The zero-order valence-electron chi connectivity index (χ0n) is 14.8. The molecule has 24 heavy (non-hydrogen) atoms. The summed E-state index contributed by atoms with van der Waals surface area (Å²) in [5.41, 5.74) is 0.202. The Morgan fingerprint density at radius 1 is 1.25 bits per heavy atom. The molecule has 3 rings (SSSR count). The Morgan fingerprint density at radius 2 is 2.08 bits per heavy atom. The predicted octanol–water partition coefficient (Wildman–Crippen LogP) is 1.48. The Morgan fingerprint density at radius 3 is 2.83 bits per heavy atom. The highest BCUT2D eigenvalue weighted by molar-refractivity contribution is 5.77. The molecule has 1 aromatic heterocycles. The van der Waals surface area contributed by atoms with Crippen molar-refractivity contribution in [1.29, 1.82) is 0 Å². The minimum Gasteiger partial charge on any atom is -0.424 e. The number of rotatable bonds is 6. The van der Waals surface area contributed by atoms with Gasteiger partial charge in [-0.15, -0.1) is 10.2 Å². The quantitative estimate of drug-likeness (QED) is 0.784. The van der Waals surface area contributed by atoms with Crippen molar-refractivity contribution in [3.05, 3.63) is 11.8 Å². The minimum absolute atomic E-state index is 0.202. The van der Waals surface area contributed by atoms with Gasteiger partial charge in [0, 0.05) is 45.0 Å². The molecule has 0 unspecified atom stereocenters. The lowest BCUT2D eigenvalue weighted by molar-refractivity contribution is -0.140. The van der Waals surface area contributed by atoms with E-state index in [4.69, 9.17) is 9.15 Å². The molecule has 2 saturated heterocycles. The van der Waals surface area contributed by atoms with Crippen molar-refractivity contribution in [1.82, 2.24) is 20.0 Å². The normalized spacial score (nSPS) is 25.6. The largest absolute Gasteiger partial charge is 0.424 e. The molecule has 0 bridgehead atoms. The van der Waals surface area contributed by atoms with Crippen LogP contribution in [0.2, 0.25) is 0 Å². The predicted molar refractivity (Wildman–Crippen MR) is 88.3 cm³/mol. The second kappa shape index (κ2) is 7.61. The number of nitrogens with zero attached hydrogens (tertiary/aromatic N) is 4. The van der Waals surface area contributed by atoms with Gasteiger partial charge >= 0.3 is 0 Å². The number of aryl methyl sites for hydroxylation is 1. The number of methoxy groups -OCH3 is 1. The summed E-state index contributed by atoms with van der Waals surface area (Å²) in [4.78, 5) is 16.5. The number of ether oxygens (including phenoxy) is 1. The van der Waals surface area contributed by atoms with Crippen molar-refractivity contribution in [2.75, 3.05) is 39.9 Å². The van der Waals surface area contributed by atoms with Crippen molar-refractivity contribution in [2.24, 2.45) is 5.41 Å². The van der Waals surface area contributed by atoms with E-state index in [9.17, 15) is 4.79 Å². The van der Waals surface area contributed by atoms with Gasteiger partial charge in [-0.25, -0.2) is 0 Å². The number of likely N-dealkylation sites (tertiary alicyclic amines) is 2. The highest BCUT2D eigenvalue weighted by Gasteiger charge is 2.41. The fraction of sp³-hybridized carbons (Fsp3) is 0.824. The van der Waals surface area contributed by atoms with Crippen LogP contribution in [0.15, 0.2) is 4.42 Å². The van der Waals surface area contributed by atoms with E-state index in [1.165, 1.54) is 6.42 Å². The first-order valence-electron chi connectivity index (χ1n) is 8.94. The number of aromatic nitrogens is 2. The van der Waals surface area contributed by atoms with E-state index in [2.05, 4.69) is 15.1 Å². The van der Waals surface area contributed by atoms with Crippen molar-refractivity contribution in [3.8, 4) is 0 Å². The van der Waals surface area contributed by atoms with E-state index in [-0.39, 0.29) is 11.3 Å². The molecule has 3 heterocycles. The van der Waals surface area contributed by atoms with Crippen LogP contribution in [0.4, 0.5) is 0 Å². The topological polar surface area (TPSA) is 71.7 Å². The summed E-state index contributed by atoms with van der Waals surface area (Å²) in [6, 6.07) is 0. The lowest BCUT2D eigenvalue weighted by Crippen LogP contribution is -2.54. The van der Waals surface area contributed by atoms with Crippen LogP contribution < -0.4 is 0 Å². The Kier molecular flexibility index (Phi) is 5.50. The van der Waals surface area contributed by atoms with Gasteiger partial charge in [-0.3, -0.25) is 9.69 Å². The van der Waals surface area contributed by atoms with Gasteiger partial charge in [0.05, 0.1) is 13.2 Å².